The fraction of sp³-hybridized carbons (Fsp3) is 0.273. The average Bonchev–Trinajstić information content (AvgIpc) is 2.71. The van der Waals surface area contributed by atoms with Crippen LogP contribution in [0.1, 0.15) is 29.7 Å². The molecule has 2 aromatic rings. The molecule has 0 heterocycles. The average molecular weight is 383 g/mol. The third-order valence-corrected chi connectivity index (χ3v) is 4.21. The maximum Gasteiger partial charge on any atom is 0.331 e. The van der Waals surface area contributed by atoms with E-state index in [1.54, 1.807) is 38.5 Å². The van der Waals surface area contributed by atoms with Crippen molar-refractivity contribution in [3.63, 3.8) is 0 Å². The monoisotopic (exact) mass is 383 g/mol. The van der Waals surface area contributed by atoms with Gasteiger partial charge < -0.3 is 19.5 Å². The summed E-state index contributed by atoms with van der Waals surface area (Å²) in [5.74, 6) is 0.302. The molecule has 0 fully saturated rings. The van der Waals surface area contributed by atoms with Gasteiger partial charge in [-0.05, 0) is 49.2 Å². The maximum absolute atomic E-state index is 12.1. The number of methoxy groups -OCH3 is 2. The second-order valence-corrected chi connectivity index (χ2v) is 6.19. The molecule has 0 spiro atoms. The lowest BCUT2D eigenvalue weighted by Gasteiger charge is -2.18. The first kappa shape index (κ1) is 21.0. The summed E-state index contributed by atoms with van der Waals surface area (Å²) in [6.07, 6.45) is 2.98. The minimum atomic E-state index is -0.579. The van der Waals surface area contributed by atoms with Crippen LogP contribution in [-0.2, 0) is 14.3 Å². The van der Waals surface area contributed by atoms with Gasteiger partial charge in [0.25, 0.3) is 5.91 Å². The maximum atomic E-state index is 12.1. The molecule has 148 valence electrons. The number of carbonyl (C=O) groups is 2. The van der Waals surface area contributed by atoms with Crippen molar-refractivity contribution in [1.29, 1.82) is 0 Å². The van der Waals surface area contributed by atoms with Crippen LogP contribution in [0.3, 0.4) is 0 Å². The van der Waals surface area contributed by atoms with Crippen molar-refractivity contribution in [3.8, 4) is 11.5 Å². The summed E-state index contributed by atoms with van der Waals surface area (Å²) in [6.45, 7) is 3.40. The van der Waals surface area contributed by atoms with Gasteiger partial charge in [-0.3, -0.25) is 4.79 Å². The minimum Gasteiger partial charge on any atom is -0.497 e. The fourth-order valence-corrected chi connectivity index (χ4v) is 2.66. The fourth-order valence-electron chi connectivity index (χ4n) is 2.66. The highest BCUT2D eigenvalue weighted by Gasteiger charge is 2.16. The number of benzene rings is 2. The number of amides is 1. The highest BCUT2D eigenvalue weighted by molar-refractivity contribution is 5.89. The number of esters is 1. The molecule has 28 heavy (non-hydrogen) atoms. The summed E-state index contributed by atoms with van der Waals surface area (Å²) in [7, 11) is 3.13. The van der Waals surface area contributed by atoms with Crippen LogP contribution in [0.4, 0.5) is 0 Å². The molecule has 6 heteroatoms. The number of carbonyl (C=O) groups excluding carboxylic acids is 2. The SMILES string of the molecule is COc1ccc(OC)c([C@H](C)NC(=O)COC(=O)/C=C/c2ccccc2C)c1. The number of hydrogen-bond acceptors (Lipinski definition) is 5. The highest BCUT2D eigenvalue weighted by Crippen LogP contribution is 2.29. The number of ether oxygens (including phenoxy) is 3. The first-order chi connectivity index (χ1) is 13.4. The van der Waals surface area contributed by atoms with Gasteiger partial charge >= 0.3 is 5.97 Å². The Morgan fingerprint density at radius 3 is 2.54 bits per heavy atom. The van der Waals surface area contributed by atoms with Gasteiger partial charge in [0.2, 0.25) is 0 Å². The van der Waals surface area contributed by atoms with E-state index in [4.69, 9.17) is 14.2 Å². The second-order valence-electron chi connectivity index (χ2n) is 6.19. The number of rotatable bonds is 8. The van der Waals surface area contributed by atoms with Gasteiger partial charge in [-0.1, -0.05) is 24.3 Å². The van der Waals surface area contributed by atoms with E-state index in [1.807, 2.05) is 38.1 Å². The lowest BCUT2D eigenvalue weighted by atomic mass is 10.1. The zero-order valence-corrected chi connectivity index (χ0v) is 16.5. The van der Waals surface area contributed by atoms with Crippen molar-refractivity contribution in [2.45, 2.75) is 19.9 Å². The molecule has 0 aliphatic rings. The smallest absolute Gasteiger partial charge is 0.331 e. The van der Waals surface area contributed by atoms with E-state index in [0.717, 1.165) is 16.7 Å². The van der Waals surface area contributed by atoms with Crippen LogP contribution in [0.2, 0.25) is 0 Å². The summed E-state index contributed by atoms with van der Waals surface area (Å²) < 4.78 is 15.6. The number of aryl methyl sites for hydroxylation is 1. The molecular weight excluding hydrogens is 358 g/mol. The van der Waals surface area contributed by atoms with Gasteiger partial charge in [-0.15, -0.1) is 0 Å². The summed E-state index contributed by atoms with van der Waals surface area (Å²) in [5.41, 5.74) is 2.73. The van der Waals surface area contributed by atoms with Crippen LogP contribution in [0.15, 0.2) is 48.5 Å². The van der Waals surface area contributed by atoms with E-state index in [0.29, 0.717) is 11.5 Å². The standard InChI is InChI=1S/C22H25NO5/c1-15-7-5-6-8-17(15)9-12-22(25)28-14-21(24)23-16(2)19-13-18(26-3)10-11-20(19)27-4/h5-13,16H,14H2,1-4H3,(H,23,24)/b12-9+/t16-/m0/s1. The van der Waals surface area contributed by atoms with E-state index >= 15 is 0 Å². The molecule has 0 unspecified atom stereocenters. The van der Waals surface area contributed by atoms with Gasteiger partial charge in [-0.25, -0.2) is 4.79 Å². The quantitative estimate of drug-likeness (QED) is 0.558. The van der Waals surface area contributed by atoms with Crippen molar-refractivity contribution >= 4 is 18.0 Å². The molecule has 0 aliphatic heterocycles. The van der Waals surface area contributed by atoms with E-state index in [9.17, 15) is 9.59 Å². The van der Waals surface area contributed by atoms with Crippen LogP contribution < -0.4 is 14.8 Å². The Balaban J connectivity index is 1.90. The van der Waals surface area contributed by atoms with E-state index in [1.165, 1.54) is 6.08 Å². The number of nitrogens with one attached hydrogen (secondary N) is 1. The predicted octanol–water partition coefficient (Wildman–Crippen LogP) is 3.45. The van der Waals surface area contributed by atoms with Crippen molar-refractivity contribution < 1.29 is 23.8 Å². The van der Waals surface area contributed by atoms with Crippen LogP contribution in [0.5, 0.6) is 11.5 Å². The molecule has 0 aliphatic carbocycles. The zero-order chi connectivity index (χ0) is 20.5. The summed E-state index contributed by atoms with van der Waals surface area (Å²) in [4.78, 5) is 24.0. The Kier molecular flexibility index (Phi) is 7.63. The van der Waals surface area contributed by atoms with Gasteiger partial charge in [0.15, 0.2) is 6.61 Å². The van der Waals surface area contributed by atoms with E-state index in [-0.39, 0.29) is 12.6 Å². The highest BCUT2D eigenvalue weighted by atomic mass is 16.5. The lowest BCUT2D eigenvalue weighted by Crippen LogP contribution is -2.31. The van der Waals surface area contributed by atoms with Gasteiger partial charge in [0.1, 0.15) is 11.5 Å². The largest absolute Gasteiger partial charge is 0.497 e. The van der Waals surface area contributed by atoms with E-state index < -0.39 is 11.9 Å². The summed E-state index contributed by atoms with van der Waals surface area (Å²) in [6, 6.07) is 12.7. The summed E-state index contributed by atoms with van der Waals surface area (Å²) in [5, 5.41) is 2.78. The summed E-state index contributed by atoms with van der Waals surface area (Å²) >= 11 is 0. The normalized spacial score (nSPS) is 11.7. The number of hydrogen-bond donors (Lipinski definition) is 1. The van der Waals surface area contributed by atoms with Crippen LogP contribution in [-0.4, -0.2) is 32.7 Å². The molecule has 2 rings (SSSR count). The molecule has 1 amide bonds. The van der Waals surface area contributed by atoms with Gasteiger partial charge in [0, 0.05) is 11.6 Å². The van der Waals surface area contributed by atoms with Gasteiger partial charge in [0.05, 0.1) is 20.3 Å². The lowest BCUT2D eigenvalue weighted by molar-refractivity contribution is -0.144. The molecule has 0 saturated heterocycles. The second kappa shape index (κ2) is 10.2. The van der Waals surface area contributed by atoms with Crippen LogP contribution >= 0.6 is 0 Å². The zero-order valence-electron chi connectivity index (χ0n) is 16.5. The molecule has 0 aromatic heterocycles. The first-order valence-corrected chi connectivity index (χ1v) is 8.86. The molecule has 0 bridgehead atoms. The predicted molar refractivity (Wildman–Crippen MR) is 107 cm³/mol. The topological polar surface area (TPSA) is 73.9 Å². The Morgan fingerprint density at radius 1 is 1.11 bits per heavy atom. The van der Waals surface area contributed by atoms with Gasteiger partial charge in [-0.2, -0.15) is 0 Å². The molecule has 1 N–H and O–H groups in total. The van der Waals surface area contributed by atoms with Crippen molar-refractivity contribution in [1.82, 2.24) is 5.32 Å². The Labute approximate surface area is 165 Å². The molecule has 0 radical (unpaired) electrons. The van der Waals surface area contributed by atoms with Crippen LogP contribution in [0.25, 0.3) is 6.08 Å². The molecule has 1 atom stereocenters. The molecular formula is C22H25NO5. The Hall–Kier alpha value is -3.28. The molecule has 0 saturated carbocycles. The first-order valence-electron chi connectivity index (χ1n) is 8.86. The van der Waals surface area contributed by atoms with Crippen molar-refractivity contribution in [3.05, 3.63) is 65.2 Å². The van der Waals surface area contributed by atoms with E-state index in [2.05, 4.69) is 5.32 Å². The van der Waals surface area contributed by atoms with Crippen molar-refractivity contribution in [2.75, 3.05) is 20.8 Å². The minimum absolute atomic E-state index is 0.348. The third-order valence-electron chi connectivity index (χ3n) is 4.21. The molecule has 6 nitrogen and oxygen atoms in total. The Morgan fingerprint density at radius 2 is 1.86 bits per heavy atom. The third kappa shape index (κ3) is 5.87. The molecule has 2 aromatic carbocycles. The van der Waals surface area contributed by atoms with Crippen LogP contribution in [0, 0.1) is 6.92 Å². The Bertz CT molecular complexity index is 860. The van der Waals surface area contributed by atoms with Crippen molar-refractivity contribution in [2.24, 2.45) is 0 Å².